The Hall–Kier alpha value is -0.650. The number of hydrogen-bond acceptors (Lipinski definition) is 5. The van der Waals surface area contributed by atoms with Crippen molar-refractivity contribution in [3.63, 3.8) is 0 Å². The van der Waals surface area contributed by atoms with Crippen LogP contribution < -0.4 is 5.73 Å². The Morgan fingerprint density at radius 2 is 1.61 bits per heavy atom. The molecular formula is C13H27NO4. The topological polar surface area (TPSA) is 70.8 Å². The molecule has 0 amide bonds. The predicted molar refractivity (Wildman–Crippen MR) is 70.4 cm³/mol. The second-order valence-electron chi connectivity index (χ2n) is 4.04. The van der Waals surface area contributed by atoms with Crippen molar-refractivity contribution in [2.75, 3.05) is 39.6 Å². The molecule has 0 radical (unpaired) electrons. The molecule has 0 bridgehead atoms. The van der Waals surface area contributed by atoms with Gasteiger partial charge in [-0.3, -0.25) is 4.79 Å². The van der Waals surface area contributed by atoms with E-state index in [9.17, 15) is 4.79 Å². The van der Waals surface area contributed by atoms with Crippen LogP contribution in [0.5, 0.6) is 0 Å². The van der Waals surface area contributed by atoms with E-state index >= 15 is 0 Å². The molecule has 0 aromatic heterocycles. The smallest absolute Gasteiger partial charge is 0.305 e. The first kappa shape index (κ1) is 17.4. The number of hydrogen-bond donors (Lipinski definition) is 1. The van der Waals surface area contributed by atoms with Gasteiger partial charge in [0.05, 0.1) is 26.4 Å². The lowest BCUT2D eigenvalue weighted by atomic mass is 10.2. The third-order valence-corrected chi connectivity index (χ3v) is 2.36. The van der Waals surface area contributed by atoms with Crippen molar-refractivity contribution in [3.05, 3.63) is 0 Å². The molecule has 18 heavy (non-hydrogen) atoms. The van der Waals surface area contributed by atoms with E-state index in [0.717, 1.165) is 12.8 Å². The van der Waals surface area contributed by atoms with Gasteiger partial charge in [-0.25, -0.2) is 0 Å². The number of unbranched alkanes of at least 4 members (excludes halogenated alkanes) is 3. The van der Waals surface area contributed by atoms with E-state index in [1.807, 2.05) is 0 Å². The molecule has 0 saturated heterocycles. The molecule has 0 saturated carbocycles. The predicted octanol–water partition coefficient (Wildman–Crippen LogP) is 1.49. The van der Waals surface area contributed by atoms with Gasteiger partial charge >= 0.3 is 5.97 Å². The zero-order chi connectivity index (χ0) is 13.5. The van der Waals surface area contributed by atoms with E-state index in [0.29, 0.717) is 46.0 Å². The van der Waals surface area contributed by atoms with Crippen molar-refractivity contribution in [1.82, 2.24) is 0 Å². The van der Waals surface area contributed by atoms with Crippen LogP contribution in [0.3, 0.4) is 0 Å². The van der Waals surface area contributed by atoms with Gasteiger partial charge in [-0.05, 0) is 6.42 Å². The summed E-state index contributed by atoms with van der Waals surface area (Å²) in [4.78, 5) is 11.3. The lowest BCUT2D eigenvalue weighted by molar-refractivity contribution is -0.145. The molecule has 5 nitrogen and oxygen atoms in total. The first-order valence-electron chi connectivity index (χ1n) is 6.82. The van der Waals surface area contributed by atoms with Gasteiger partial charge < -0.3 is 19.9 Å². The standard InChI is InChI=1S/C13H27NO4/c1-2-3-4-5-6-13(15)18-12-11-17-10-9-16-8-7-14/h2-12,14H2,1H3. The van der Waals surface area contributed by atoms with Gasteiger partial charge in [0.25, 0.3) is 0 Å². The highest BCUT2D eigenvalue weighted by Gasteiger charge is 2.01. The normalized spacial score (nSPS) is 10.6. The van der Waals surface area contributed by atoms with Crippen molar-refractivity contribution in [2.45, 2.75) is 39.0 Å². The molecule has 5 heteroatoms. The van der Waals surface area contributed by atoms with E-state index in [4.69, 9.17) is 19.9 Å². The molecule has 0 rings (SSSR count). The van der Waals surface area contributed by atoms with Crippen molar-refractivity contribution in [1.29, 1.82) is 0 Å². The summed E-state index contributed by atoms with van der Waals surface area (Å²) >= 11 is 0. The first-order chi connectivity index (χ1) is 8.81. The van der Waals surface area contributed by atoms with E-state index in [2.05, 4.69) is 6.92 Å². The van der Waals surface area contributed by atoms with Gasteiger partial charge in [-0.15, -0.1) is 0 Å². The average molecular weight is 261 g/mol. The highest BCUT2D eigenvalue weighted by atomic mass is 16.6. The summed E-state index contributed by atoms with van der Waals surface area (Å²) < 4.78 is 15.4. The van der Waals surface area contributed by atoms with Crippen molar-refractivity contribution < 1.29 is 19.0 Å². The zero-order valence-corrected chi connectivity index (χ0v) is 11.5. The summed E-state index contributed by atoms with van der Waals surface area (Å²) in [5, 5.41) is 0. The summed E-state index contributed by atoms with van der Waals surface area (Å²) in [7, 11) is 0. The number of carbonyl (C=O) groups excluding carboxylic acids is 1. The largest absolute Gasteiger partial charge is 0.463 e. The second kappa shape index (κ2) is 14.4. The first-order valence-corrected chi connectivity index (χ1v) is 6.82. The molecule has 0 aliphatic carbocycles. The quantitative estimate of drug-likeness (QED) is 0.402. The summed E-state index contributed by atoms with van der Waals surface area (Å²) in [5.41, 5.74) is 5.26. The minimum Gasteiger partial charge on any atom is -0.463 e. The fourth-order valence-corrected chi connectivity index (χ4v) is 1.39. The number of ether oxygens (including phenoxy) is 3. The van der Waals surface area contributed by atoms with E-state index < -0.39 is 0 Å². The molecule has 0 aliphatic rings. The number of esters is 1. The molecule has 0 aromatic carbocycles. The lowest BCUT2D eigenvalue weighted by Gasteiger charge is -2.06. The zero-order valence-electron chi connectivity index (χ0n) is 11.5. The van der Waals surface area contributed by atoms with Crippen LogP contribution in [0.2, 0.25) is 0 Å². The minimum absolute atomic E-state index is 0.130. The van der Waals surface area contributed by atoms with E-state index in [1.165, 1.54) is 12.8 Å². The van der Waals surface area contributed by atoms with Gasteiger partial charge in [0.2, 0.25) is 0 Å². The van der Waals surface area contributed by atoms with E-state index in [1.54, 1.807) is 0 Å². The fourth-order valence-electron chi connectivity index (χ4n) is 1.39. The Labute approximate surface area is 110 Å². The molecule has 0 heterocycles. The molecule has 0 aromatic rings. The second-order valence-corrected chi connectivity index (χ2v) is 4.04. The van der Waals surface area contributed by atoms with Crippen LogP contribution in [0.25, 0.3) is 0 Å². The maximum Gasteiger partial charge on any atom is 0.305 e. The Kier molecular flexibility index (Phi) is 13.9. The molecular weight excluding hydrogens is 234 g/mol. The molecule has 0 atom stereocenters. The number of carbonyl (C=O) groups is 1. The Balaban J connectivity index is 3.10. The van der Waals surface area contributed by atoms with Gasteiger partial charge in [0.1, 0.15) is 6.61 Å². The molecule has 0 aliphatic heterocycles. The van der Waals surface area contributed by atoms with Crippen molar-refractivity contribution in [3.8, 4) is 0 Å². The highest BCUT2D eigenvalue weighted by molar-refractivity contribution is 5.69. The summed E-state index contributed by atoms with van der Waals surface area (Å²) in [6.45, 7) is 5.01. The molecule has 0 spiro atoms. The van der Waals surface area contributed by atoms with Crippen molar-refractivity contribution >= 4 is 5.97 Å². The number of rotatable bonds is 13. The van der Waals surface area contributed by atoms with Gasteiger partial charge in [0, 0.05) is 13.0 Å². The third kappa shape index (κ3) is 13.4. The fraction of sp³-hybridized carbons (Fsp3) is 0.923. The molecule has 0 unspecified atom stereocenters. The van der Waals surface area contributed by atoms with Gasteiger partial charge in [-0.1, -0.05) is 26.2 Å². The van der Waals surface area contributed by atoms with Crippen LogP contribution >= 0.6 is 0 Å². The Morgan fingerprint density at radius 3 is 2.28 bits per heavy atom. The Morgan fingerprint density at radius 1 is 0.944 bits per heavy atom. The average Bonchev–Trinajstić information content (AvgIpc) is 2.38. The molecule has 0 fully saturated rings. The van der Waals surface area contributed by atoms with Crippen molar-refractivity contribution in [2.24, 2.45) is 5.73 Å². The van der Waals surface area contributed by atoms with Crippen LogP contribution in [0.1, 0.15) is 39.0 Å². The summed E-state index contributed by atoms with van der Waals surface area (Å²) in [6.07, 6.45) is 4.88. The Bertz CT molecular complexity index is 188. The van der Waals surface area contributed by atoms with Crippen LogP contribution in [0, 0.1) is 0 Å². The maximum absolute atomic E-state index is 11.3. The molecule has 108 valence electrons. The summed E-state index contributed by atoms with van der Waals surface area (Å²) in [5.74, 6) is -0.130. The number of nitrogens with two attached hydrogens (primary N) is 1. The molecule has 2 N–H and O–H groups in total. The SMILES string of the molecule is CCCCCCC(=O)OCCOCCOCCN. The van der Waals surface area contributed by atoms with Crippen LogP contribution in [0.4, 0.5) is 0 Å². The highest BCUT2D eigenvalue weighted by Crippen LogP contribution is 2.03. The van der Waals surface area contributed by atoms with Gasteiger partial charge in [-0.2, -0.15) is 0 Å². The maximum atomic E-state index is 11.3. The summed E-state index contributed by atoms with van der Waals surface area (Å²) in [6, 6.07) is 0. The lowest BCUT2D eigenvalue weighted by Crippen LogP contribution is -2.14. The van der Waals surface area contributed by atoms with Gasteiger partial charge in [0.15, 0.2) is 0 Å². The minimum atomic E-state index is -0.130. The van der Waals surface area contributed by atoms with Crippen LogP contribution in [-0.2, 0) is 19.0 Å². The van der Waals surface area contributed by atoms with E-state index in [-0.39, 0.29) is 5.97 Å². The third-order valence-electron chi connectivity index (χ3n) is 2.36. The van der Waals surface area contributed by atoms with Crippen LogP contribution in [-0.4, -0.2) is 45.5 Å². The van der Waals surface area contributed by atoms with Crippen LogP contribution in [0.15, 0.2) is 0 Å². The monoisotopic (exact) mass is 261 g/mol.